The second-order valence-electron chi connectivity index (χ2n) is 8.61. The van der Waals surface area contributed by atoms with E-state index in [4.69, 9.17) is 26.6 Å². The van der Waals surface area contributed by atoms with E-state index in [0.717, 1.165) is 43.6 Å². The van der Waals surface area contributed by atoms with Gasteiger partial charge in [-0.2, -0.15) is 9.97 Å². The van der Waals surface area contributed by atoms with E-state index in [1.165, 1.54) is 24.0 Å². The zero-order valence-electron chi connectivity index (χ0n) is 18.3. The average Bonchev–Trinajstić information content (AvgIpc) is 3.47. The molecule has 2 N–H and O–H groups in total. The van der Waals surface area contributed by atoms with Gasteiger partial charge < -0.3 is 24.9 Å². The summed E-state index contributed by atoms with van der Waals surface area (Å²) in [5.41, 5.74) is 2.70. The summed E-state index contributed by atoms with van der Waals surface area (Å²) < 4.78 is 5.37. The van der Waals surface area contributed by atoms with Gasteiger partial charge >= 0.3 is 0 Å². The van der Waals surface area contributed by atoms with Gasteiger partial charge in [0, 0.05) is 32.2 Å². The maximum absolute atomic E-state index is 5.49. The minimum atomic E-state index is 0.473. The highest BCUT2D eigenvalue weighted by atomic mass is 32.1. The number of nitrogens with zero attached hydrogens (tertiary/aromatic N) is 4. The largest absolute Gasteiger partial charge is 0.467 e. The third kappa shape index (κ3) is 4.70. The van der Waals surface area contributed by atoms with Crippen LogP contribution < -0.4 is 20.4 Å². The van der Waals surface area contributed by atoms with E-state index in [1.807, 2.05) is 12.1 Å². The molecule has 1 saturated heterocycles. The van der Waals surface area contributed by atoms with Crippen LogP contribution in [0.2, 0.25) is 0 Å². The molecular weight excluding hydrogens is 420 g/mol. The van der Waals surface area contributed by atoms with E-state index in [9.17, 15) is 0 Å². The molecule has 166 valence electrons. The van der Waals surface area contributed by atoms with E-state index in [2.05, 4.69) is 57.7 Å². The van der Waals surface area contributed by atoms with Crippen LogP contribution in [-0.2, 0) is 19.6 Å². The first-order valence-corrected chi connectivity index (χ1v) is 11.6. The van der Waals surface area contributed by atoms with Crippen LogP contribution in [-0.4, -0.2) is 28.2 Å². The quantitative estimate of drug-likeness (QED) is 0.560. The first kappa shape index (κ1) is 20.8. The molecule has 5 rings (SSSR count). The van der Waals surface area contributed by atoms with Gasteiger partial charge in [-0.25, -0.2) is 0 Å². The fourth-order valence-electron chi connectivity index (χ4n) is 4.42. The van der Waals surface area contributed by atoms with Crippen molar-refractivity contribution in [3.63, 3.8) is 0 Å². The first-order chi connectivity index (χ1) is 15.6. The van der Waals surface area contributed by atoms with E-state index in [1.54, 1.807) is 6.26 Å². The van der Waals surface area contributed by atoms with Crippen LogP contribution in [0.25, 0.3) is 0 Å². The van der Waals surface area contributed by atoms with E-state index in [-0.39, 0.29) is 0 Å². The Kier molecular flexibility index (Phi) is 5.94. The molecule has 2 aliphatic heterocycles. The molecule has 0 aliphatic carbocycles. The maximum atomic E-state index is 5.49. The van der Waals surface area contributed by atoms with E-state index < -0.39 is 0 Å². The van der Waals surface area contributed by atoms with Crippen LogP contribution in [0.3, 0.4) is 0 Å². The topological polar surface area (TPSA) is 69.5 Å². The van der Waals surface area contributed by atoms with Gasteiger partial charge in [-0.15, -0.1) is 0 Å². The summed E-state index contributed by atoms with van der Waals surface area (Å²) in [6.45, 7) is 6.54. The standard InChI is InChI=1S/C24H28N6OS/c1-17-6-4-10-29(14-17)21-12-22(30-15-18-7-2-3-8-19(18)16-30)27-23(26-21)28-24(32)25-13-20-9-5-11-31-20/h2-3,5,7-9,11-12,17H,4,6,10,13-16H2,1H3,(H2,25,26,27,28,32)/t17-/m0/s1. The molecule has 0 amide bonds. The summed E-state index contributed by atoms with van der Waals surface area (Å²) in [7, 11) is 0. The number of piperidine rings is 1. The lowest BCUT2D eigenvalue weighted by atomic mass is 10.0. The van der Waals surface area contributed by atoms with Crippen LogP contribution in [0.1, 0.15) is 36.7 Å². The summed E-state index contributed by atoms with van der Waals surface area (Å²) in [6, 6.07) is 14.5. The van der Waals surface area contributed by atoms with Gasteiger partial charge in [0.2, 0.25) is 5.95 Å². The van der Waals surface area contributed by atoms with Gasteiger partial charge in [-0.1, -0.05) is 31.2 Å². The number of hydrogen-bond donors (Lipinski definition) is 2. The van der Waals surface area contributed by atoms with Crippen molar-refractivity contribution in [1.29, 1.82) is 0 Å². The number of anilines is 3. The van der Waals surface area contributed by atoms with Crippen molar-refractivity contribution >= 4 is 34.9 Å². The Hall–Kier alpha value is -3.13. The number of nitrogens with one attached hydrogen (secondary N) is 2. The molecule has 2 aromatic heterocycles. The minimum Gasteiger partial charge on any atom is -0.467 e. The monoisotopic (exact) mass is 448 g/mol. The van der Waals surface area contributed by atoms with Gasteiger partial charge in [0.1, 0.15) is 17.4 Å². The van der Waals surface area contributed by atoms with E-state index in [0.29, 0.717) is 23.5 Å². The van der Waals surface area contributed by atoms with Crippen molar-refractivity contribution in [2.75, 3.05) is 28.2 Å². The average molecular weight is 449 g/mol. The predicted molar refractivity (Wildman–Crippen MR) is 131 cm³/mol. The number of fused-ring (bicyclic) bond motifs is 1. The molecule has 0 saturated carbocycles. The van der Waals surface area contributed by atoms with Crippen LogP contribution in [0.4, 0.5) is 17.6 Å². The zero-order chi connectivity index (χ0) is 21.9. The molecule has 0 radical (unpaired) electrons. The zero-order valence-corrected chi connectivity index (χ0v) is 19.1. The Labute approximate surface area is 193 Å². The second-order valence-corrected chi connectivity index (χ2v) is 9.02. The third-order valence-corrected chi connectivity index (χ3v) is 6.32. The van der Waals surface area contributed by atoms with Crippen molar-refractivity contribution in [2.45, 2.75) is 39.4 Å². The van der Waals surface area contributed by atoms with Gasteiger partial charge in [-0.3, -0.25) is 0 Å². The summed E-state index contributed by atoms with van der Waals surface area (Å²) >= 11 is 5.49. The molecule has 1 aromatic carbocycles. The van der Waals surface area contributed by atoms with Crippen LogP contribution >= 0.6 is 12.2 Å². The molecule has 1 atom stereocenters. The summed E-state index contributed by atoms with van der Waals surface area (Å²) in [5.74, 6) is 3.87. The molecule has 1 fully saturated rings. The van der Waals surface area contributed by atoms with Crippen molar-refractivity contribution in [1.82, 2.24) is 15.3 Å². The number of furan rings is 1. The Bertz CT molecular complexity index is 1060. The van der Waals surface area contributed by atoms with Crippen molar-refractivity contribution in [3.05, 3.63) is 65.6 Å². The van der Waals surface area contributed by atoms with Crippen molar-refractivity contribution < 1.29 is 4.42 Å². The predicted octanol–water partition coefficient (Wildman–Crippen LogP) is 4.31. The first-order valence-electron chi connectivity index (χ1n) is 11.2. The van der Waals surface area contributed by atoms with Crippen molar-refractivity contribution in [2.24, 2.45) is 5.92 Å². The fraction of sp³-hybridized carbons (Fsp3) is 0.375. The van der Waals surface area contributed by atoms with E-state index >= 15 is 0 Å². The summed E-state index contributed by atoms with van der Waals surface area (Å²) in [4.78, 5) is 14.3. The number of benzene rings is 1. The Morgan fingerprint density at radius 2 is 1.84 bits per heavy atom. The molecule has 8 heteroatoms. The maximum Gasteiger partial charge on any atom is 0.232 e. The Balaban J connectivity index is 1.37. The molecule has 7 nitrogen and oxygen atoms in total. The van der Waals surface area contributed by atoms with Crippen LogP contribution in [0, 0.1) is 5.92 Å². The number of hydrogen-bond acceptors (Lipinski definition) is 6. The molecule has 32 heavy (non-hydrogen) atoms. The SMILES string of the molecule is C[C@H]1CCCN(c2cc(N3Cc4ccccc4C3)nc(NC(=S)NCc3ccco3)n2)C1. The Morgan fingerprint density at radius 3 is 2.53 bits per heavy atom. The minimum absolute atomic E-state index is 0.473. The third-order valence-electron chi connectivity index (χ3n) is 6.07. The highest BCUT2D eigenvalue weighted by molar-refractivity contribution is 7.80. The van der Waals surface area contributed by atoms with Crippen molar-refractivity contribution in [3.8, 4) is 0 Å². The summed E-state index contributed by atoms with van der Waals surface area (Å²) in [5, 5.41) is 6.82. The van der Waals surface area contributed by atoms with Gasteiger partial charge in [0.25, 0.3) is 0 Å². The molecule has 0 spiro atoms. The molecular formula is C24H28N6OS. The summed E-state index contributed by atoms with van der Waals surface area (Å²) in [6.07, 6.45) is 4.10. The number of aromatic nitrogens is 2. The van der Waals surface area contributed by atoms with Gasteiger partial charge in [0.15, 0.2) is 5.11 Å². The lowest BCUT2D eigenvalue weighted by molar-refractivity contribution is 0.444. The fourth-order valence-corrected chi connectivity index (χ4v) is 4.58. The highest BCUT2D eigenvalue weighted by Gasteiger charge is 2.24. The lowest BCUT2D eigenvalue weighted by Crippen LogP contribution is -2.35. The molecule has 0 bridgehead atoms. The molecule has 0 unspecified atom stereocenters. The molecule has 4 heterocycles. The Morgan fingerprint density at radius 1 is 1.09 bits per heavy atom. The van der Waals surface area contributed by atoms with Crippen LogP contribution in [0.15, 0.2) is 53.1 Å². The lowest BCUT2D eigenvalue weighted by Gasteiger charge is -2.32. The normalized spacial score (nSPS) is 17.8. The van der Waals surface area contributed by atoms with Gasteiger partial charge in [0.05, 0.1) is 12.8 Å². The number of rotatable bonds is 5. The van der Waals surface area contributed by atoms with Gasteiger partial charge in [-0.05, 0) is 54.2 Å². The van der Waals surface area contributed by atoms with Crippen LogP contribution in [0.5, 0.6) is 0 Å². The molecule has 3 aromatic rings. The second kappa shape index (κ2) is 9.16. The number of thiocarbonyl (C=S) groups is 1. The smallest absolute Gasteiger partial charge is 0.232 e. The molecule has 2 aliphatic rings. The highest BCUT2D eigenvalue weighted by Crippen LogP contribution is 2.31.